The molecule has 2 radical (unpaired) electrons. The average molecular weight is 100 g/mol. The molecule has 1 atom stereocenters. The molecule has 0 aliphatic carbocycles. The van der Waals surface area contributed by atoms with Gasteiger partial charge in [0.25, 0.3) is 0 Å². The first-order valence-corrected chi connectivity index (χ1v) is 2.75. The predicted octanol–water partition coefficient (Wildman–Crippen LogP) is 0.129. The van der Waals surface area contributed by atoms with E-state index in [1.807, 2.05) is 13.8 Å². The molecule has 0 aliphatic rings. The van der Waals surface area contributed by atoms with E-state index in [-0.39, 0.29) is 4.97 Å². The van der Waals surface area contributed by atoms with E-state index in [0.717, 1.165) is 0 Å². The third kappa shape index (κ3) is 2.72. The van der Waals surface area contributed by atoms with Gasteiger partial charge in [0.2, 0.25) is 0 Å². The van der Waals surface area contributed by atoms with E-state index in [4.69, 9.17) is 5.11 Å². The minimum absolute atomic E-state index is 0.231. The highest BCUT2D eigenvalue weighted by atomic mass is 27.0. The van der Waals surface area contributed by atoms with Crippen LogP contribution in [0.15, 0.2) is 0 Å². The minimum atomic E-state index is -0.231. The van der Waals surface area contributed by atoms with Crippen LogP contribution in [0.2, 0.25) is 0 Å². The Hall–Kier alpha value is 0.492. The van der Waals surface area contributed by atoms with Gasteiger partial charge in [0.05, 0.1) is 0 Å². The smallest absolute Gasteiger partial charge is 0.170 e. The molecule has 34 valence electrons. The molecule has 1 nitrogen and oxygen atoms in total. The molecule has 0 aliphatic heterocycles. The van der Waals surface area contributed by atoms with E-state index in [9.17, 15) is 0 Å². The van der Waals surface area contributed by atoms with Gasteiger partial charge >= 0.3 is 0 Å². The molecule has 1 N–H and O–H groups in total. The predicted molar refractivity (Wildman–Crippen MR) is 26.6 cm³/mol. The Kier molecular flexibility index (Phi) is 2.85. The van der Waals surface area contributed by atoms with Crippen molar-refractivity contribution in [1.29, 1.82) is 0 Å². The van der Waals surface area contributed by atoms with Gasteiger partial charge in [-0.25, -0.2) is 0 Å². The fourth-order valence-electron chi connectivity index (χ4n) is 0. The van der Waals surface area contributed by atoms with E-state index >= 15 is 0 Å². The van der Waals surface area contributed by atoms with Crippen molar-refractivity contribution in [2.75, 3.05) is 0 Å². The van der Waals surface area contributed by atoms with Gasteiger partial charge in [0, 0.05) is 0 Å². The maximum absolute atomic E-state index is 8.59. The van der Waals surface area contributed by atoms with Gasteiger partial charge in [-0.05, 0) is 10.9 Å². The lowest BCUT2D eigenvalue weighted by Crippen LogP contribution is -2.12. The van der Waals surface area contributed by atoms with E-state index in [0.29, 0.717) is 5.92 Å². The van der Waals surface area contributed by atoms with Crippen molar-refractivity contribution >= 4 is 16.3 Å². The van der Waals surface area contributed by atoms with Gasteiger partial charge in [-0.15, -0.1) is 0 Å². The zero-order chi connectivity index (χ0) is 5.15. The third-order valence-electron chi connectivity index (χ3n) is 0.683. The SMILES string of the molecule is CC(C)[CH](O)[Al]. The molecule has 2 heteroatoms. The maximum Gasteiger partial charge on any atom is 0.170 e. The quantitative estimate of drug-likeness (QED) is 0.464. The lowest BCUT2D eigenvalue weighted by atomic mass is 10.2. The molecule has 0 saturated heterocycles. The zero-order valence-electron chi connectivity index (χ0n) is 4.18. The molecule has 0 aromatic carbocycles. The first-order valence-electron chi connectivity index (χ1n) is 2.08. The van der Waals surface area contributed by atoms with E-state index in [2.05, 4.69) is 16.3 Å². The highest BCUT2D eigenvalue weighted by Crippen LogP contribution is 1.93. The Labute approximate surface area is 46.8 Å². The summed E-state index contributed by atoms with van der Waals surface area (Å²) in [6.07, 6.45) is 0. The van der Waals surface area contributed by atoms with Gasteiger partial charge in [-0.1, -0.05) is 13.8 Å². The highest BCUT2D eigenvalue weighted by molar-refractivity contribution is 6.10. The summed E-state index contributed by atoms with van der Waals surface area (Å²) < 4.78 is 0. The summed E-state index contributed by atoms with van der Waals surface area (Å²) in [6, 6.07) is 0. The lowest BCUT2D eigenvalue weighted by molar-refractivity contribution is 0.204. The van der Waals surface area contributed by atoms with E-state index in [1.165, 1.54) is 0 Å². The van der Waals surface area contributed by atoms with Crippen molar-refractivity contribution in [2.45, 2.75) is 18.8 Å². The van der Waals surface area contributed by atoms with Crippen molar-refractivity contribution in [3.63, 3.8) is 0 Å². The maximum atomic E-state index is 8.59. The third-order valence-corrected chi connectivity index (χ3v) is 1.45. The average Bonchev–Trinajstić information content (AvgIpc) is 1.36. The molecule has 0 rings (SSSR count). The van der Waals surface area contributed by atoms with Crippen LogP contribution in [0, 0.1) is 5.92 Å². The number of rotatable bonds is 1. The Morgan fingerprint density at radius 3 is 1.67 bits per heavy atom. The second-order valence-corrected chi connectivity index (χ2v) is 2.42. The molecular weight excluding hydrogens is 91.0 g/mol. The monoisotopic (exact) mass is 100 g/mol. The van der Waals surface area contributed by atoms with Crippen molar-refractivity contribution in [1.82, 2.24) is 0 Å². The van der Waals surface area contributed by atoms with E-state index in [1.54, 1.807) is 0 Å². The molecule has 0 spiro atoms. The second-order valence-electron chi connectivity index (χ2n) is 1.73. The Bertz CT molecular complexity index is 28.5. The molecule has 0 amide bonds. The van der Waals surface area contributed by atoms with Crippen LogP contribution >= 0.6 is 0 Å². The fourth-order valence-corrected chi connectivity index (χ4v) is 0. The first-order chi connectivity index (χ1) is 2.64. The van der Waals surface area contributed by atoms with Crippen LogP contribution in [0.1, 0.15) is 13.8 Å². The molecule has 0 saturated carbocycles. The highest BCUT2D eigenvalue weighted by Gasteiger charge is 1.96. The summed E-state index contributed by atoms with van der Waals surface area (Å²) in [4.78, 5) is -0.231. The molecule has 1 unspecified atom stereocenters. The van der Waals surface area contributed by atoms with E-state index < -0.39 is 0 Å². The van der Waals surface area contributed by atoms with Crippen molar-refractivity contribution < 1.29 is 5.11 Å². The molecule has 6 heavy (non-hydrogen) atoms. The summed E-state index contributed by atoms with van der Waals surface area (Å²) >= 11 is 2.33. The summed E-state index contributed by atoms with van der Waals surface area (Å²) in [5, 5.41) is 8.59. The van der Waals surface area contributed by atoms with Crippen molar-refractivity contribution in [3.05, 3.63) is 0 Å². The largest absolute Gasteiger partial charge is 0.410 e. The van der Waals surface area contributed by atoms with Gasteiger partial charge < -0.3 is 5.11 Å². The van der Waals surface area contributed by atoms with Crippen molar-refractivity contribution in [2.24, 2.45) is 5.92 Å². The van der Waals surface area contributed by atoms with Gasteiger partial charge in [-0.2, -0.15) is 0 Å². The Balaban J connectivity index is 2.99. The molecule has 0 bridgehead atoms. The second kappa shape index (κ2) is 2.63. The van der Waals surface area contributed by atoms with Crippen LogP contribution < -0.4 is 0 Å². The van der Waals surface area contributed by atoms with Gasteiger partial charge in [0.15, 0.2) is 16.3 Å². The summed E-state index contributed by atoms with van der Waals surface area (Å²) in [5.41, 5.74) is 0. The number of aliphatic hydroxyl groups is 1. The summed E-state index contributed by atoms with van der Waals surface area (Å²) in [5.74, 6) is 0.370. The van der Waals surface area contributed by atoms with Crippen LogP contribution in [0.4, 0.5) is 0 Å². The normalized spacial score (nSPS) is 15.3. The zero-order valence-corrected chi connectivity index (χ0v) is 5.33. The van der Waals surface area contributed by atoms with Gasteiger partial charge in [0.1, 0.15) is 0 Å². The van der Waals surface area contributed by atoms with Crippen LogP contribution in [0.5, 0.6) is 0 Å². The molecule has 0 aromatic heterocycles. The molecule has 0 heterocycles. The number of hydrogen-bond acceptors (Lipinski definition) is 1. The van der Waals surface area contributed by atoms with Crippen LogP contribution in [-0.4, -0.2) is 26.4 Å². The molecule has 0 fully saturated rings. The molecular formula is C4H9AlO. The standard InChI is InChI=1S/C4H9O.Al/c1-4(2)3-5;/h3-5H,1-2H3;. The first kappa shape index (κ1) is 6.49. The molecule has 0 aromatic rings. The summed E-state index contributed by atoms with van der Waals surface area (Å²) in [6.45, 7) is 3.94. The number of hydrogen-bond donors (Lipinski definition) is 1. The number of aliphatic hydroxyl groups excluding tert-OH is 1. The Morgan fingerprint density at radius 1 is 1.50 bits per heavy atom. The topological polar surface area (TPSA) is 20.2 Å². The van der Waals surface area contributed by atoms with Crippen LogP contribution in [0.3, 0.4) is 0 Å². The van der Waals surface area contributed by atoms with Crippen molar-refractivity contribution in [3.8, 4) is 0 Å². The van der Waals surface area contributed by atoms with Crippen LogP contribution in [0.25, 0.3) is 0 Å². The minimum Gasteiger partial charge on any atom is -0.410 e. The Morgan fingerprint density at radius 2 is 1.67 bits per heavy atom. The van der Waals surface area contributed by atoms with Gasteiger partial charge in [-0.3, -0.25) is 0 Å². The summed E-state index contributed by atoms with van der Waals surface area (Å²) in [7, 11) is 0. The lowest BCUT2D eigenvalue weighted by Gasteiger charge is -2.06. The fraction of sp³-hybridized carbons (Fsp3) is 1.00. The van der Waals surface area contributed by atoms with Crippen LogP contribution in [-0.2, 0) is 0 Å².